The van der Waals surface area contributed by atoms with Crippen LogP contribution < -0.4 is 14.8 Å². The van der Waals surface area contributed by atoms with Crippen LogP contribution in [0.3, 0.4) is 0 Å². The molecule has 2 heterocycles. The van der Waals surface area contributed by atoms with Gasteiger partial charge >= 0.3 is 6.03 Å². The van der Waals surface area contributed by atoms with Crippen LogP contribution >= 0.6 is 0 Å². The Hall–Kier alpha value is -3.15. The average Bonchev–Trinajstić information content (AvgIpc) is 3.13. The van der Waals surface area contributed by atoms with Crippen LogP contribution in [-0.2, 0) is 6.54 Å². The van der Waals surface area contributed by atoms with Gasteiger partial charge in [0.05, 0.1) is 13.1 Å². The third kappa shape index (κ3) is 3.84. The molecule has 2 aromatic carbocycles. The van der Waals surface area contributed by atoms with Crippen LogP contribution in [0.4, 0.5) is 4.79 Å². The Morgan fingerprint density at radius 3 is 2.78 bits per heavy atom. The molecule has 1 aliphatic rings. The predicted molar refractivity (Wildman–Crippen MR) is 104 cm³/mol. The van der Waals surface area contributed by atoms with E-state index in [-0.39, 0.29) is 12.1 Å². The molecule has 4 rings (SSSR count). The van der Waals surface area contributed by atoms with Gasteiger partial charge in [0.15, 0.2) is 17.6 Å². The van der Waals surface area contributed by atoms with Crippen molar-refractivity contribution in [3.05, 3.63) is 60.3 Å². The lowest BCUT2D eigenvalue weighted by Gasteiger charge is -2.30. The number of ether oxygens (including phenoxy) is 2. The zero-order chi connectivity index (χ0) is 18.6. The number of hydrogen-bond donors (Lipinski definition) is 2. The topological polar surface area (TPSA) is 66.6 Å². The van der Waals surface area contributed by atoms with Gasteiger partial charge in [0.1, 0.15) is 6.61 Å². The third-order valence-electron chi connectivity index (χ3n) is 4.68. The molecule has 1 unspecified atom stereocenters. The summed E-state index contributed by atoms with van der Waals surface area (Å²) >= 11 is 0. The SMILES string of the molecule is CCN(CC1COc2ccccc2O1)C(=O)NCc1cc2ccccc2[nH]1. The molecular formula is C21H23N3O3. The van der Waals surface area contributed by atoms with Gasteiger partial charge in [-0.25, -0.2) is 4.79 Å². The minimum Gasteiger partial charge on any atom is -0.486 e. The predicted octanol–water partition coefficient (Wildman–Crippen LogP) is 3.54. The number of para-hydroxylation sites is 3. The monoisotopic (exact) mass is 365 g/mol. The summed E-state index contributed by atoms with van der Waals surface area (Å²) < 4.78 is 11.7. The fourth-order valence-electron chi connectivity index (χ4n) is 3.27. The zero-order valence-electron chi connectivity index (χ0n) is 15.3. The van der Waals surface area contributed by atoms with Crippen LogP contribution in [0.5, 0.6) is 11.5 Å². The normalized spacial score (nSPS) is 15.5. The standard InChI is InChI=1S/C21H23N3O3/c1-2-24(13-17-14-26-19-9-5-6-10-20(19)27-17)21(25)22-12-16-11-15-7-3-4-8-18(15)23-16/h3-11,17,23H,2,12-14H2,1H3,(H,22,25). The molecule has 0 radical (unpaired) electrons. The molecule has 1 aromatic heterocycles. The van der Waals surface area contributed by atoms with Gasteiger partial charge in [-0.1, -0.05) is 30.3 Å². The van der Waals surface area contributed by atoms with Gasteiger partial charge in [0, 0.05) is 17.8 Å². The maximum absolute atomic E-state index is 12.6. The molecule has 0 fully saturated rings. The molecule has 140 valence electrons. The Labute approximate surface area is 158 Å². The van der Waals surface area contributed by atoms with Crippen LogP contribution in [0.1, 0.15) is 12.6 Å². The Balaban J connectivity index is 1.34. The van der Waals surface area contributed by atoms with Crippen molar-refractivity contribution in [2.75, 3.05) is 19.7 Å². The first-order valence-electron chi connectivity index (χ1n) is 9.21. The van der Waals surface area contributed by atoms with E-state index >= 15 is 0 Å². The van der Waals surface area contributed by atoms with Gasteiger partial charge in [-0.15, -0.1) is 0 Å². The highest BCUT2D eigenvalue weighted by Crippen LogP contribution is 2.31. The first-order valence-corrected chi connectivity index (χ1v) is 9.21. The highest BCUT2D eigenvalue weighted by atomic mass is 16.6. The number of nitrogens with zero attached hydrogens (tertiary/aromatic N) is 1. The smallest absolute Gasteiger partial charge is 0.317 e. The van der Waals surface area contributed by atoms with Gasteiger partial charge in [-0.2, -0.15) is 0 Å². The molecule has 1 atom stereocenters. The zero-order valence-corrected chi connectivity index (χ0v) is 15.3. The van der Waals surface area contributed by atoms with Crippen molar-refractivity contribution in [1.29, 1.82) is 0 Å². The lowest BCUT2D eigenvalue weighted by atomic mass is 10.2. The summed E-state index contributed by atoms with van der Waals surface area (Å²) in [5.74, 6) is 1.48. The van der Waals surface area contributed by atoms with Crippen molar-refractivity contribution in [2.24, 2.45) is 0 Å². The molecule has 2 N–H and O–H groups in total. The molecule has 1 aliphatic heterocycles. The van der Waals surface area contributed by atoms with E-state index in [2.05, 4.69) is 16.4 Å². The number of likely N-dealkylation sites (N-methyl/N-ethyl adjacent to an activating group) is 1. The molecule has 6 nitrogen and oxygen atoms in total. The quantitative estimate of drug-likeness (QED) is 0.727. The van der Waals surface area contributed by atoms with Gasteiger partial charge in [-0.3, -0.25) is 0 Å². The second-order valence-electron chi connectivity index (χ2n) is 6.58. The minimum absolute atomic E-state index is 0.112. The number of urea groups is 1. The number of carbonyl (C=O) groups excluding carboxylic acids is 1. The van der Waals surface area contributed by atoms with Crippen LogP contribution in [-0.4, -0.2) is 41.7 Å². The number of H-pyrrole nitrogens is 1. The molecule has 27 heavy (non-hydrogen) atoms. The number of benzene rings is 2. The van der Waals surface area contributed by atoms with Crippen molar-refractivity contribution in [2.45, 2.75) is 19.6 Å². The molecule has 0 saturated heterocycles. The van der Waals surface area contributed by atoms with Crippen molar-refractivity contribution >= 4 is 16.9 Å². The molecular weight excluding hydrogens is 342 g/mol. The van der Waals surface area contributed by atoms with Crippen LogP contribution in [0.2, 0.25) is 0 Å². The molecule has 0 aliphatic carbocycles. The Kier molecular flexibility index (Phi) is 4.87. The summed E-state index contributed by atoms with van der Waals surface area (Å²) in [6.07, 6.45) is -0.182. The van der Waals surface area contributed by atoms with Crippen LogP contribution in [0.15, 0.2) is 54.6 Å². The number of amides is 2. The molecule has 2 amide bonds. The third-order valence-corrected chi connectivity index (χ3v) is 4.68. The van der Waals surface area contributed by atoms with E-state index < -0.39 is 0 Å². The van der Waals surface area contributed by atoms with Gasteiger partial charge in [0.25, 0.3) is 0 Å². The maximum atomic E-state index is 12.6. The fraction of sp³-hybridized carbons (Fsp3) is 0.286. The summed E-state index contributed by atoms with van der Waals surface area (Å²) in [5.41, 5.74) is 2.05. The number of hydrogen-bond acceptors (Lipinski definition) is 3. The first-order chi connectivity index (χ1) is 13.2. The van der Waals surface area contributed by atoms with E-state index in [1.54, 1.807) is 4.90 Å². The summed E-state index contributed by atoms with van der Waals surface area (Å²) in [5, 5.41) is 4.12. The summed E-state index contributed by atoms with van der Waals surface area (Å²) in [6, 6.07) is 17.6. The Morgan fingerprint density at radius 1 is 1.19 bits per heavy atom. The summed E-state index contributed by atoms with van der Waals surface area (Å²) in [4.78, 5) is 17.6. The number of carbonyl (C=O) groups is 1. The van der Waals surface area contributed by atoms with E-state index in [1.807, 2.05) is 55.5 Å². The van der Waals surface area contributed by atoms with E-state index in [0.29, 0.717) is 26.2 Å². The number of rotatable bonds is 5. The van der Waals surface area contributed by atoms with Crippen molar-refractivity contribution in [3.63, 3.8) is 0 Å². The number of aromatic nitrogens is 1. The second-order valence-corrected chi connectivity index (χ2v) is 6.58. The Morgan fingerprint density at radius 2 is 1.96 bits per heavy atom. The lowest BCUT2D eigenvalue weighted by Crippen LogP contribution is -2.47. The highest BCUT2D eigenvalue weighted by Gasteiger charge is 2.24. The van der Waals surface area contributed by atoms with Crippen LogP contribution in [0, 0.1) is 0 Å². The second kappa shape index (κ2) is 7.61. The van der Waals surface area contributed by atoms with Crippen molar-refractivity contribution < 1.29 is 14.3 Å². The summed E-state index contributed by atoms with van der Waals surface area (Å²) in [6.45, 7) is 3.92. The molecule has 3 aromatic rings. The fourth-order valence-corrected chi connectivity index (χ4v) is 3.27. The molecule has 6 heteroatoms. The van der Waals surface area contributed by atoms with E-state index in [4.69, 9.17) is 9.47 Å². The first kappa shape index (κ1) is 17.3. The minimum atomic E-state index is -0.182. The summed E-state index contributed by atoms with van der Waals surface area (Å²) in [7, 11) is 0. The largest absolute Gasteiger partial charge is 0.486 e. The van der Waals surface area contributed by atoms with Crippen molar-refractivity contribution in [3.8, 4) is 11.5 Å². The lowest BCUT2D eigenvalue weighted by molar-refractivity contribution is 0.0675. The maximum Gasteiger partial charge on any atom is 0.317 e. The highest BCUT2D eigenvalue weighted by molar-refractivity contribution is 5.80. The van der Waals surface area contributed by atoms with Gasteiger partial charge in [-0.05, 0) is 36.6 Å². The van der Waals surface area contributed by atoms with Crippen LogP contribution in [0.25, 0.3) is 10.9 Å². The molecule has 0 bridgehead atoms. The van der Waals surface area contributed by atoms with E-state index in [1.165, 1.54) is 0 Å². The molecule has 0 saturated carbocycles. The number of aromatic amines is 1. The number of nitrogens with one attached hydrogen (secondary N) is 2. The van der Waals surface area contributed by atoms with E-state index in [0.717, 1.165) is 28.1 Å². The Bertz CT molecular complexity index is 904. The van der Waals surface area contributed by atoms with Gasteiger partial charge < -0.3 is 24.7 Å². The van der Waals surface area contributed by atoms with E-state index in [9.17, 15) is 4.79 Å². The van der Waals surface area contributed by atoms with Gasteiger partial charge in [0.2, 0.25) is 0 Å². The molecule has 0 spiro atoms. The average molecular weight is 365 g/mol. The van der Waals surface area contributed by atoms with Crippen molar-refractivity contribution in [1.82, 2.24) is 15.2 Å². The number of fused-ring (bicyclic) bond motifs is 2.